The topological polar surface area (TPSA) is 56.0 Å². The average Bonchev–Trinajstić information content (AvgIpc) is 2.02. The third-order valence-corrected chi connectivity index (χ3v) is 1.44. The molecule has 70 valence electrons. The van der Waals surface area contributed by atoms with E-state index in [2.05, 4.69) is 4.98 Å². The van der Waals surface area contributed by atoms with Gasteiger partial charge in [0.15, 0.2) is 6.29 Å². The highest BCUT2D eigenvalue weighted by Crippen LogP contribution is 2.32. The Labute approximate surface area is 71.4 Å². The van der Waals surface area contributed by atoms with E-state index in [9.17, 15) is 18.0 Å². The second-order valence-electron chi connectivity index (χ2n) is 2.27. The van der Waals surface area contributed by atoms with Crippen LogP contribution in [0.4, 0.5) is 19.0 Å². The van der Waals surface area contributed by atoms with Crippen LogP contribution in [0.3, 0.4) is 0 Å². The fourth-order valence-corrected chi connectivity index (χ4v) is 0.860. The molecule has 0 saturated carbocycles. The highest BCUT2D eigenvalue weighted by atomic mass is 19.4. The minimum atomic E-state index is -4.58. The van der Waals surface area contributed by atoms with Crippen LogP contribution in [0, 0.1) is 0 Å². The fourth-order valence-electron chi connectivity index (χ4n) is 0.860. The van der Waals surface area contributed by atoms with E-state index < -0.39 is 23.1 Å². The number of nitrogens with two attached hydrogens (primary N) is 1. The molecule has 6 heteroatoms. The Kier molecular flexibility index (Phi) is 2.22. The van der Waals surface area contributed by atoms with Gasteiger partial charge in [0.05, 0.1) is 11.1 Å². The summed E-state index contributed by atoms with van der Waals surface area (Å²) < 4.78 is 36.5. The van der Waals surface area contributed by atoms with Gasteiger partial charge in [-0.15, -0.1) is 0 Å². The molecule has 2 N–H and O–H groups in total. The molecule has 0 saturated heterocycles. The van der Waals surface area contributed by atoms with Crippen LogP contribution in [0.1, 0.15) is 15.9 Å². The molecule has 0 atom stereocenters. The van der Waals surface area contributed by atoms with E-state index in [1.165, 1.54) is 0 Å². The SMILES string of the molecule is Nc1nccc(C(F)(F)F)c1C=O. The number of alkyl halides is 3. The maximum atomic E-state index is 12.2. The standard InChI is InChI=1S/C7H5F3N2O/c8-7(9,10)5-1-2-12-6(11)4(5)3-13/h1-3H,(H2,11,12). The highest BCUT2D eigenvalue weighted by molar-refractivity contribution is 5.84. The number of nitrogen functional groups attached to an aromatic ring is 1. The van der Waals surface area contributed by atoms with Crippen LogP contribution in [-0.2, 0) is 6.18 Å². The van der Waals surface area contributed by atoms with Crippen molar-refractivity contribution >= 4 is 12.1 Å². The predicted molar refractivity (Wildman–Crippen MR) is 39.0 cm³/mol. The number of carbonyl (C=O) groups excluding carboxylic acids is 1. The first-order valence-corrected chi connectivity index (χ1v) is 3.23. The average molecular weight is 190 g/mol. The Morgan fingerprint density at radius 1 is 1.46 bits per heavy atom. The first-order chi connectivity index (χ1) is 5.96. The number of nitrogens with zero attached hydrogens (tertiary/aromatic N) is 1. The molecule has 0 aliphatic carbocycles. The van der Waals surface area contributed by atoms with Gasteiger partial charge in [-0.3, -0.25) is 4.79 Å². The van der Waals surface area contributed by atoms with Crippen molar-refractivity contribution in [3.05, 3.63) is 23.4 Å². The summed E-state index contributed by atoms with van der Waals surface area (Å²) in [5, 5.41) is 0. The number of carbonyl (C=O) groups is 1. The number of hydrogen-bond acceptors (Lipinski definition) is 3. The van der Waals surface area contributed by atoms with Gasteiger partial charge in [-0.2, -0.15) is 13.2 Å². The van der Waals surface area contributed by atoms with E-state index in [1.54, 1.807) is 0 Å². The number of rotatable bonds is 1. The van der Waals surface area contributed by atoms with Gasteiger partial charge in [-0.05, 0) is 6.07 Å². The lowest BCUT2D eigenvalue weighted by Gasteiger charge is -2.09. The van der Waals surface area contributed by atoms with Crippen molar-refractivity contribution < 1.29 is 18.0 Å². The lowest BCUT2D eigenvalue weighted by Crippen LogP contribution is -2.11. The Bertz CT molecular complexity index is 335. The molecule has 0 aliphatic rings. The summed E-state index contributed by atoms with van der Waals surface area (Å²) >= 11 is 0. The van der Waals surface area contributed by atoms with Gasteiger partial charge in [0, 0.05) is 6.20 Å². The zero-order valence-corrected chi connectivity index (χ0v) is 6.30. The number of anilines is 1. The molecular weight excluding hydrogens is 185 g/mol. The summed E-state index contributed by atoms with van der Waals surface area (Å²) in [5.74, 6) is -0.412. The number of pyridine rings is 1. The zero-order valence-electron chi connectivity index (χ0n) is 6.30. The van der Waals surface area contributed by atoms with Crippen molar-refractivity contribution in [1.29, 1.82) is 0 Å². The van der Waals surface area contributed by atoms with Crippen molar-refractivity contribution in [2.24, 2.45) is 0 Å². The third-order valence-electron chi connectivity index (χ3n) is 1.44. The van der Waals surface area contributed by atoms with Crippen molar-refractivity contribution in [3.63, 3.8) is 0 Å². The van der Waals surface area contributed by atoms with Gasteiger partial charge in [0.25, 0.3) is 0 Å². The van der Waals surface area contributed by atoms with Gasteiger partial charge < -0.3 is 5.73 Å². The lowest BCUT2D eigenvalue weighted by molar-refractivity contribution is -0.137. The van der Waals surface area contributed by atoms with Crippen LogP contribution in [0.25, 0.3) is 0 Å². The van der Waals surface area contributed by atoms with Gasteiger partial charge in [0.2, 0.25) is 0 Å². The van der Waals surface area contributed by atoms with E-state index in [-0.39, 0.29) is 6.29 Å². The molecule has 13 heavy (non-hydrogen) atoms. The molecule has 0 spiro atoms. The number of aromatic nitrogens is 1. The van der Waals surface area contributed by atoms with Crippen LogP contribution in [0.15, 0.2) is 12.3 Å². The minimum absolute atomic E-state index is 0.0468. The van der Waals surface area contributed by atoms with E-state index in [4.69, 9.17) is 5.73 Å². The quantitative estimate of drug-likeness (QED) is 0.682. The Balaban J connectivity index is 3.37. The normalized spacial score (nSPS) is 11.3. The smallest absolute Gasteiger partial charge is 0.383 e. The Hall–Kier alpha value is -1.59. The van der Waals surface area contributed by atoms with E-state index in [0.29, 0.717) is 6.07 Å². The van der Waals surface area contributed by atoms with Crippen molar-refractivity contribution in [2.75, 3.05) is 5.73 Å². The Morgan fingerprint density at radius 3 is 2.46 bits per heavy atom. The molecule has 0 bridgehead atoms. The molecule has 0 aliphatic heterocycles. The summed E-state index contributed by atoms with van der Waals surface area (Å²) in [6.45, 7) is 0. The molecule has 1 rings (SSSR count). The van der Waals surface area contributed by atoms with Gasteiger partial charge >= 0.3 is 6.18 Å². The van der Waals surface area contributed by atoms with Crippen LogP contribution < -0.4 is 5.73 Å². The summed E-state index contributed by atoms with van der Waals surface area (Å²) in [5.41, 5.74) is 3.41. The molecule has 3 nitrogen and oxygen atoms in total. The number of halogens is 3. The first-order valence-electron chi connectivity index (χ1n) is 3.23. The molecule has 1 aromatic heterocycles. The first kappa shape index (κ1) is 9.50. The fraction of sp³-hybridized carbons (Fsp3) is 0.143. The zero-order chi connectivity index (χ0) is 10.1. The lowest BCUT2D eigenvalue weighted by atomic mass is 10.1. The third kappa shape index (κ3) is 1.77. The van der Waals surface area contributed by atoms with E-state index in [0.717, 1.165) is 6.20 Å². The Morgan fingerprint density at radius 2 is 2.08 bits per heavy atom. The predicted octanol–water partition coefficient (Wildman–Crippen LogP) is 1.50. The number of aldehydes is 1. The maximum Gasteiger partial charge on any atom is 0.417 e. The van der Waals surface area contributed by atoms with Crippen molar-refractivity contribution in [1.82, 2.24) is 4.98 Å². The van der Waals surface area contributed by atoms with Gasteiger partial charge in [0.1, 0.15) is 5.82 Å². The van der Waals surface area contributed by atoms with E-state index in [1.807, 2.05) is 0 Å². The van der Waals surface area contributed by atoms with Crippen LogP contribution in [-0.4, -0.2) is 11.3 Å². The molecule has 0 unspecified atom stereocenters. The summed E-state index contributed by atoms with van der Waals surface area (Å²) in [6, 6.07) is 0.708. The molecular formula is C7H5F3N2O. The van der Waals surface area contributed by atoms with Gasteiger partial charge in [-0.1, -0.05) is 0 Å². The van der Waals surface area contributed by atoms with Crippen molar-refractivity contribution in [3.8, 4) is 0 Å². The molecule has 0 fully saturated rings. The number of hydrogen-bond donors (Lipinski definition) is 1. The summed E-state index contributed by atoms with van der Waals surface area (Å²) in [6.07, 6.45) is -3.62. The molecule has 0 aromatic carbocycles. The highest BCUT2D eigenvalue weighted by Gasteiger charge is 2.34. The second-order valence-corrected chi connectivity index (χ2v) is 2.27. The van der Waals surface area contributed by atoms with Crippen LogP contribution in [0.5, 0.6) is 0 Å². The van der Waals surface area contributed by atoms with Gasteiger partial charge in [-0.25, -0.2) is 4.98 Å². The summed E-state index contributed by atoms with van der Waals surface area (Å²) in [7, 11) is 0. The van der Waals surface area contributed by atoms with Crippen LogP contribution >= 0.6 is 0 Å². The molecule has 1 aromatic rings. The monoisotopic (exact) mass is 190 g/mol. The summed E-state index contributed by atoms with van der Waals surface area (Å²) in [4.78, 5) is 13.6. The second kappa shape index (κ2) is 3.04. The van der Waals surface area contributed by atoms with E-state index >= 15 is 0 Å². The minimum Gasteiger partial charge on any atom is -0.383 e. The van der Waals surface area contributed by atoms with Crippen molar-refractivity contribution in [2.45, 2.75) is 6.18 Å². The largest absolute Gasteiger partial charge is 0.417 e. The van der Waals surface area contributed by atoms with Crippen LogP contribution in [0.2, 0.25) is 0 Å². The molecule has 1 heterocycles. The molecule has 0 radical (unpaired) electrons. The molecule has 0 amide bonds. The maximum absolute atomic E-state index is 12.2.